The van der Waals surface area contributed by atoms with Gasteiger partial charge < -0.3 is 0 Å². The zero-order chi connectivity index (χ0) is 19.8. The van der Waals surface area contributed by atoms with Crippen molar-refractivity contribution in [3.8, 4) is 0 Å². The smallest absolute Gasteiger partial charge is 0.194 e. The summed E-state index contributed by atoms with van der Waals surface area (Å²) >= 11 is 1.64. The number of hydrogen-bond donors (Lipinski definition) is 0. The number of hydrogen-bond acceptors (Lipinski definition) is 3. The van der Waals surface area contributed by atoms with Crippen molar-refractivity contribution in [1.29, 1.82) is 0 Å². The van der Waals surface area contributed by atoms with E-state index in [1.54, 1.807) is 41.7 Å². The van der Waals surface area contributed by atoms with Gasteiger partial charge in [-0.1, -0.05) is 78.9 Å². The molecule has 5 rings (SSSR count). The van der Waals surface area contributed by atoms with Gasteiger partial charge in [-0.25, -0.2) is 0 Å². The highest BCUT2D eigenvalue weighted by Gasteiger charge is 2.24. The molecular formula is C26H16O2S. The number of carbonyl (C=O) groups excluding carboxylic acids is 2. The molecule has 3 heteroatoms. The van der Waals surface area contributed by atoms with E-state index in [0.717, 1.165) is 20.2 Å². The van der Waals surface area contributed by atoms with Crippen LogP contribution >= 0.6 is 11.3 Å². The average Bonchev–Trinajstić information content (AvgIpc) is 3.17. The Kier molecular flexibility index (Phi) is 4.30. The van der Waals surface area contributed by atoms with Gasteiger partial charge in [0.2, 0.25) is 0 Å². The van der Waals surface area contributed by atoms with E-state index in [1.807, 2.05) is 60.7 Å². The van der Waals surface area contributed by atoms with Crippen LogP contribution in [0.1, 0.15) is 31.8 Å². The normalized spacial score (nSPS) is 11.0. The Morgan fingerprint density at radius 3 is 1.83 bits per heavy atom. The highest BCUT2D eigenvalue weighted by molar-refractivity contribution is 7.25. The predicted octanol–water partition coefficient (Wildman–Crippen LogP) is 6.52. The van der Waals surface area contributed by atoms with Crippen molar-refractivity contribution in [3.05, 3.63) is 119 Å². The maximum Gasteiger partial charge on any atom is 0.194 e. The lowest BCUT2D eigenvalue weighted by Crippen LogP contribution is -2.11. The Bertz CT molecular complexity index is 1370. The summed E-state index contributed by atoms with van der Waals surface area (Å²) in [6, 6.07) is 30.1. The van der Waals surface area contributed by atoms with Gasteiger partial charge in [-0.05, 0) is 18.2 Å². The molecular weight excluding hydrogens is 376 g/mol. The number of ketones is 2. The number of thiophene rings is 1. The lowest BCUT2D eigenvalue weighted by molar-refractivity contribution is 0.100. The van der Waals surface area contributed by atoms with Crippen LogP contribution in [0.2, 0.25) is 0 Å². The summed E-state index contributed by atoms with van der Waals surface area (Å²) in [5, 5.41) is 1.87. The SMILES string of the molecule is O=C(c1ccccc1)c1ccc2sc3ccccc3c2c1C(=O)c1ccccc1. The first-order valence-corrected chi connectivity index (χ1v) is 10.2. The van der Waals surface area contributed by atoms with Crippen molar-refractivity contribution in [1.82, 2.24) is 0 Å². The van der Waals surface area contributed by atoms with E-state index >= 15 is 0 Å². The van der Waals surface area contributed by atoms with Crippen molar-refractivity contribution < 1.29 is 9.59 Å². The molecule has 0 aliphatic heterocycles. The van der Waals surface area contributed by atoms with Crippen molar-refractivity contribution >= 4 is 43.1 Å². The van der Waals surface area contributed by atoms with Crippen LogP contribution in [0.15, 0.2) is 97.1 Å². The van der Waals surface area contributed by atoms with E-state index in [1.165, 1.54) is 0 Å². The lowest BCUT2D eigenvalue weighted by Gasteiger charge is -2.11. The molecule has 0 spiro atoms. The second-order valence-electron chi connectivity index (χ2n) is 6.85. The summed E-state index contributed by atoms with van der Waals surface area (Å²) < 4.78 is 2.11. The van der Waals surface area contributed by atoms with Gasteiger partial charge in [0.25, 0.3) is 0 Å². The van der Waals surface area contributed by atoms with Crippen LogP contribution in [-0.2, 0) is 0 Å². The summed E-state index contributed by atoms with van der Waals surface area (Å²) in [6.07, 6.45) is 0. The molecule has 0 unspecified atom stereocenters. The predicted molar refractivity (Wildman–Crippen MR) is 119 cm³/mol. The molecule has 0 amide bonds. The van der Waals surface area contributed by atoms with Crippen LogP contribution in [-0.4, -0.2) is 11.6 Å². The first-order chi connectivity index (χ1) is 14.2. The molecule has 1 heterocycles. The van der Waals surface area contributed by atoms with Gasteiger partial charge in [0.1, 0.15) is 0 Å². The molecule has 5 aromatic rings. The molecule has 0 saturated carbocycles. The van der Waals surface area contributed by atoms with Gasteiger partial charge in [-0.2, -0.15) is 0 Å². The van der Waals surface area contributed by atoms with Crippen molar-refractivity contribution in [3.63, 3.8) is 0 Å². The average molecular weight is 392 g/mol. The van der Waals surface area contributed by atoms with Gasteiger partial charge in [0, 0.05) is 42.4 Å². The summed E-state index contributed by atoms with van der Waals surface area (Å²) in [6.45, 7) is 0. The fraction of sp³-hybridized carbons (Fsp3) is 0. The molecule has 0 saturated heterocycles. The first-order valence-electron chi connectivity index (χ1n) is 9.38. The molecule has 0 aliphatic carbocycles. The number of carbonyl (C=O) groups is 2. The van der Waals surface area contributed by atoms with Gasteiger partial charge in [0.15, 0.2) is 11.6 Å². The Morgan fingerprint density at radius 2 is 1.14 bits per heavy atom. The first kappa shape index (κ1) is 17.5. The molecule has 29 heavy (non-hydrogen) atoms. The zero-order valence-corrected chi connectivity index (χ0v) is 16.3. The summed E-state index contributed by atoms with van der Waals surface area (Å²) in [5.41, 5.74) is 2.09. The molecule has 0 fully saturated rings. The molecule has 0 radical (unpaired) electrons. The summed E-state index contributed by atoms with van der Waals surface area (Å²) in [5.74, 6) is -0.263. The minimum absolute atomic E-state index is 0.126. The topological polar surface area (TPSA) is 34.1 Å². The number of rotatable bonds is 4. The summed E-state index contributed by atoms with van der Waals surface area (Å²) in [7, 11) is 0. The van der Waals surface area contributed by atoms with E-state index in [2.05, 4.69) is 6.07 Å². The third-order valence-corrected chi connectivity index (χ3v) is 6.22. The van der Waals surface area contributed by atoms with Crippen molar-refractivity contribution in [2.24, 2.45) is 0 Å². The van der Waals surface area contributed by atoms with Crippen LogP contribution in [0.4, 0.5) is 0 Å². The molecule has 2 nitrogen and oxygen atoms in total. The minimum Gasteiger partial charge on any atom is -0.289 e. The third-order valence-electron chi connectivity index (χ3n) is 5.09. The van der Waals surface area contributed by atoms with Gasteiger partial charge in [-0.3, -0.25) is 9.59 Å². The van der Waals surface area contributed by atoms with E-state index < -0.39 is 0 Å². The van der Waals surface area contributed by atoms with Crippen LogP contribution < -0.4 is 0 Å². The van der Waals surface area contributed by atoms with Crippen LogP contribution in [0.25, 0.3) is 20.2 Å². The highest BCUT2D eigenvalue weighted by Crippen LogP contribution is 2.38. The standard InChI is InChI=1S/C26H16O2S/c27-25(17-9-3-1-4-10-17)20-15-16-22-23(19-13-7-8-14-21(19)29-22)24(20)26(28)18-11-5-2-6-12-18/h1-16H. The fourth-order valence-electron chi connectivity index (χ4n) is 3.72. The Labute approximate surface area is 172 Å². The number of fused-ring (bicyclic) bond motifs is 3. The minimum atomic E-state index is -0.137. The van der Waals surface area contributed by atoms with Crippen LogP contribution in [0.5, 0.6) is 0 Å². The largest absolute Gasteiger partial charge is 0.289 e. The molecule has 0 aliphatic rings. The van der Waals surface area contributed by atoms with Gasteiger partial charge >= 0.3 is 0 Å². The maximum absolute atomic E-state index is 13.6. The van der Waals surface area contributed by atoms with Crippen LogP contribution in [0, 0.1) is 0 Å². The quantitative estimate of drug-likeness (QED) is 0.326. The monoisotopic (exact) mass is 392 g/mol. The van der Waals surface area contributed by atoms with Crippen LogP contribution in [0.3, 0.4) is 0 Å². The molecule has 4 aromatic carbocycles. The molecule has 0 N–H and O–H groups in total. The second-order valence-corrected chi connectivity index (χ2v) is 7.93. The molecule has 138 valence electrons. The summed E-state index contributed by atoms with van der Waals surface area (Å²) in [4.78, 5) is 27.0. The maximum atomic E-state index is 13.6. The van der Waals surface area contributed by atoms with Gasteiger partial charge in [0.05, 0.1) is 0 Å². The van der Waals surface area contributed by atoms with E-state index in [9.17, 15) is 9.59 Å². The van der Waals surface area contributed by atoms with E-state index in [-0.39, 0.29) is 11.6 Å². The third kappa shape index (κ3) is 2.96. The Hall–Kier alpha value is -3.56. The zero-order valence-electron chi connectivity index (χ0n) is 15.5. The molecule has 1 aromatic heterocycles. The lowest BCUT2D eigenvalue weighted by atomic mass is 9.90. The second kappa shape index (κ2) is 7.12. The van der Waals surface area contributed by atoms with E-state index in [4.69, 9.17) is 0 Å². The highest BCUT2D eigenvalue weighted by atomic mass is 32.1. The van der Waals surface area contributed by atoms with Crippen molar-refractivity contribution in [2.45, 2.75) is 0 Å². The molecule has 0 bridgehead atoms. The fourth-order valence-corrected chi connectivity index (χ4v) is 4.83. The van der Waals surface area contributed by atoms with E-state index in [0.29, 0.717) is 22.3 Å². The number of benzene rings is 4. The Morgan fingerprint density at radius 1 is 0.552 bits per heavy atom. The Balaban J connectivity index is 1.84. The molecule has 0 atom stereocenters. The van der Waals surface area contributed by atoms with Crippen molar-refractivity contribution in [2.75, 3.05) is 0 Å². The van der Waals surface area contributed by atoms with Gasteiger partial charge in [-0.15, -0.1) is 11.3 Å².